The van der Waals surface area contributed by atoms with Crippen LogP contribution in [0.15, 0.2) is 237 Å². The van der Waals surface area contributed by atoms with Gasteiger partial charge in [0.05, 0.1) is 16.8 Å². The van der Waals surface area contributed by atoms with Gasteiger partial charge in [0.2, 0.25) is 0 Å². The van der Waals surface area contributed by atoms with E-state index in [2.05, 4.69) is 241 Å². The van der Waals surface area contributed by atoms with Crippen molar-refractivity contribution in [2.24, 2.45) is 0 Å². The van der Waals surface area contributed by atoms with Crippen molar-refractivity contribution in [1.29, 1.82) is 0 Å². The Balaban J connectivity index is 1.19. The predicted octanol–water partition coefficient (Wildman–Crippen LogP) is 16.3. The Morgan fingerprint density at radius 3 is 1.66 bits per heavy atom. The van der Waals surface area contributed by atoms with Crippen LogP contribution < -0.4 is 4.90 Å². The van der Waals surface area contributed by atoms with Crippen LogP contribution in [0.25, 0.3) is 76.8 Å². The summed E-state index contributed by atoms with van der Waals surface area (Å²) in [4.78, 5) is 2.53. The maximum atomic E-state index is 2.53. The molecule has 1 unspecified atom stereocenters. The Kier molecular flexibility index (Phi) is 7.59. The number of para-hydroxylation sites is 1. The van der Waals surface area contributed by atoms with E-state index in [1.165, 1.54) is 105 Å². The molecular weight excluding hydrogens is 747 g/mol. The van der Waals surface area contributed by atoms with Crippen LogP contribution in [0.4, 0.5) is 17.1 Å². The highest BCUT2D eigenvalue weighted by molar-refractivity contribution is 6.16. The molecule has 11 aromatic carbocycles. The molecule has 1 atom stereocenters. The molecule has 62 heavy (non-hydrogen) atoms. The molecule has 0 heterocycles. The van der Waals surface area contributed by atoms with Crippen LogP contribution in [0.5, 0.6) is 0 Å². The van der Waals surface area contributed by atoms with Gasteiger partial charge in [-0.1, -0.05) is 212 Å². The first kappa shape index (κ1) is 34.8. The quantitative estimate of drug-likeness (QED) is 0.168. The monoisotopic (exact) mass is 785 g/mol. The Hall–Kier alpha value is -8.00. The van der Waals surface area contributed by atoms with E-state index in [0.717, 1.165) is 11.4 Å². The molecule has 288 valence electrons. The SMILES string of the molecule is c1ccc(-c2ccc3c(c2)C2(c4ccccc4-c4ccc(N(c5ccccc5)c5c(-c6ccccc6)ccc6ccccc56)c5cccc2c45)c2cccc4cccc-3c24)cc1. The van der Waals surface area contributed by atoms with Gasteiger partial charge in [-0.3, -0.25) is 0 Å². The van der Waals surface area contributed by atoms with E-state index in [4.69, 9.17) is 0 Å². The summed E-state index contributed by atoms with van der Waals surface area (Å²) in [5.41, 5.74) is 18.0. The van der Waals surface area contributed by atoms with Gasteiger partial charge in [0.15, 0.2) is 0 Å². The second-order valence-electron chi connectivity index (χ2n) is 16.7. The fourth-order valence-electron chi connectivity index (χ4n) is 11.1. The van der Waals surface area contributed by atoms with Crippen molar-refractivity contribution in [3.05, 3.63) is 259 Å². The molecule has 1 spiro atoms. The lowest BCUT2D eigenvalue weighted by Crippen LogP contribution is -2.36. The standard InChI is InChI=1S/C61H39N/c1-4-17-40(18-5-1)44-34-36-49-50-28-14-22-43-23-15-31-54(58(43)50)61(56(49)39-44)53-30-13-12-27-48(53)51-37-38-57(52-29-16-32-55(61)59(51)52)62(45-24-8-3-9-25-45)60-46-26-11-10-21-42(46)33-35-47(60)41-19-6-2-7-20-41/h1-39H. The third-order valence-electron chi connectivity index (χ3n) is 13.6. The van der Waals surface area contributed by atoms with Crippen molar-refractivity contribution < 1.29 is 0 Å². The molecule has 0 N–H and O–H groups in total. The number of fused-ring (bicyclic) bond motifs is 9. The summed E-state index contributed by atoms with van der Waals surface area (Å²) in [6, 6.07) is 88.2. The zero-order chi connectivity index (χ0) is 40.8. The summed E-state index contributed by atoms with van der Waals surface area (Å²) in [5.74, 6) is 0. The van der Waals surface area contributed by atoms with E-state index in [9.17, 15) is 0 Å². The van der Waals surface area contributed by atoms with Gasteiger partial charge in [0.1, 0.15) is 0 Å². The van der Waals surface area contributed by atoms with Crippen molar-refractivity contribution in [2.45, 2.75) is 5.41 Å². The number of hydrogen-bond acceptors (Lipinski definition) is 1. The lowest BCUT2D eigenvalue weighted by molar-refractivity contribution is 0.755. The molecule has 0 saturated carbocycles. The second kappa shape index (κ2) is 13.5. The third-order valence-corrected chi connectivity index (χ3v) is 13.6. The molecule has 0 aliphatic heterocycles. The Labute approximate surface area is 361 Å². The van der Waals surface area contributed by atoms with Crippen LogP contribution in [0, 0.1) is 0 Å². The molecule has 1 heteroatoms. The Morgan fingerprint density at radius 2 is 0.839 bits per heavy atom. The van der Waals surface area contributed by atoms with Gasteiger partial charge in [-0.2, -0.15) is 0 Å². The van der Waals surface area contributed by atoms with Crippen LogP contribution in [0.2, 0.25) is 0 Å². The van der Waals surface area contributed by atoms with Crippen LogP contribution in [0.1, 0.15) is 22.3 Å². The maximum Gasteiger partial charge on any atom is 0.0726 e. The first-order chi connectivity index (χ1) is 30.8. The average Bonchev–Trinajstić information content (AvgIpc) is 3.35. The molecule has 0 saturated heterocycles. The van der Waals surface area contributed by atoms with E-state index in [1.807, 2.05) is 0 Å². The van der Waals surface area contributed by atoms with E-state index in [0.29, 0.717) is 0 Å². The molecule has 0 aromatic heterocycles. The lowest BCUT2D eigenvalue weighted by Gasteiger charge is -2.46. The highest BCUT2D eigenvalue weighted by atomic mass is 15.1. The molecule has 13 rings (SSSR count). The second-order valence-corrected chi connectivity index (χ2v) is 16.7. The molecule has 0 bridgehead atoms. The molecule has 2 aliphatic carbocycles. The van der Waals surface area contributed by atoms with Gasteiger partial charge in [0.25, 0.3) is 0 Å². The van der Waals surface area contributed by atoms with Crippen LogP contribution in [-0.2, 0) is 5.41 Å². The zero-order valence-electron chi connectivity index (χ0n) is 34.0. The van der Waals surface area contributed by atoms with Gasteiger partial charge in [-0.15, -0.1) is 0 Å². The van der Waals surface area contributed by atoms with Gasteiger partial charge >= 0.3 is 0 Å². The molecule has 1 nitrogen and oxygen atoms in total. The highest BCUT2D eigenvalue weighted by Gasteiger charge is 2.49. The fraction of sp³-hybridized carbons (Fsp3) is 0.0164. The molecular formula is C61H39N. The highest BCUT2D eigenvalue weighted by Crippen LogP contribution is 2.62. The lowest BCUT2D eigenvalue weighted by atomic mass is 9.55. The molecule has 11 aromatic rings. The molecule has 0 radical (unpaired) electrons. The smallest absolute Gasteiger partial charge is 0.0726 e. The van der Waals surface area contributed by atoms with Crippen molar-refractivity contribution in [2.75, 3.05) is 4.90 Å². The fourth-order valence-corrected chi connectivity index (χ4v) is 11.1. The minimum atomic E-state index is -0.609. The Morgan fingerprint density at radius 1 is 0.290 bits per heavy atom. The summed E-state index contributed by atoms with van der Waals surface area (Å²) in [6.07, 6.45) is 0. The van der Waals surface area contributed by atoms with Gasteiger partial charge < -0.3 is 4.90 Å². The summed E-state index contributed by atoms with van der Waals surface area (Å²) in [6.45, 7) is 0. The first-order valence-electron chi connectivity index (χ1n) is 21.6. The normalized spacial score (nSPS) is 14.5. The number of nitrogens with zero attached hydrogens (tertiary/aromatic N) is 1. The molecule has 2 aliphatic rings. The number of benzene rings is 11. The molecule has 0 amide bonds. The largest absolute Gasteiger partial charge is 0.309 e. The average molecular weight is 786 g/mol. The van der Waals surface area contributed by atoms with E-state index < -0.39 is 5.41 Å². The Bertz CT molecular complexity index is 3570. The van der Waals surface area contributed by atoms with Crippen LogP contribution >= 0.6 is 0 Å². The van der Waals surface area contributed by atoms with Crippen LogP contribution in [-0.4, -0.2) is 0 Å². The van der Waals surface area contributed by atoms with Crippen molar-refractivity contribution in [1.82, 2.24) is 0 Å². The summed E-state index contributed by atoms with van der Waals surface area (Å²) in [5, 5.41) is 7.52. The third kappa shape index (κ3) is 4.85. The number of anilines is 3. The van der Waals surface area contributed by atoms with Gasteiger partial charge in [0, 0.05) is 22.0 Å². The maximum absolute atomic E-state index is 2.53. The van der Waals surface area contributed by atoms with Crippen molar-refractivity contribution in [3.63, 3.8) is 0 Å². The van der Waals surface area contributed by atoms with Crippen LogP contribution in [0.3, 0.4) is 0 Å². The predicted molar refractivity (Wildman–Crippen MR) is 261 cm³/mol. The van der Waals surface area contributed by atoms with Gasteiger partial charge in [-0.25, -0.2) is 0 Å². The van der Waals surface area contributed by atoms with E-state index in [-0.39, 0.29) is 0 Å². The van der Waals surface area contributed by atoms with E-state index >= 15 is 0 Å². The summed E-state index contributed by atoms with van der Waals surface area (Å²) < 4.78 is 0. The topological polar surface area (TPSA) is 3.24 Å². The minimum absolute atomic E-state index is 0.609. The zero-order valence-corrected chi connectivity index (χ0v) is 34.0. The number of hydrogen-bond donors (Lipinski definition) is 0. The van der Waals surface area contributed by atoms with E-state index in [1.54, 1.807) is 0 Å². The summed E-state index contributed by atoms with van der Waals surface area (Å²) in [7, 11) is 0. The molecule has 0 fully saturated rings. The first-order valence-corrected chi connectivity index (χ1v) is 21.6. The minimum Gasteiger partial charge on any atom is -0.309 e. The van der Waals surface area contributed by atoms with Crippen molar-refractivity contribution >= 4 is 49.4 Å². The summed E-state index contributed by atoms with van der Waals surface area (Å²) >= 11 is 0. The number of rotatable bonds is 5. The van der Waals surface area contributed by atoms with Crippen molar-refractivity contribution in [3.8, 4) is 44.5 Å². The van der Waals surface area contributed by atoms with Gasteiger partial charge in [-0.05, 0) is 107 Å².